The standard InChI is InChI=1S/C31H31ClN4O3/c1-4-14-34-30(38)20-8-10-22(11-9-20)31(39,28-18-33-19-35(28)2)23-12-13-27-26(16-23)25(17-29(37)36(27)3)21-6-5-7-24(32)15-21/h5-13,15-18,33,39H,4,14,19H2,1-3H3,(H,34,38). The molecule has 0 spiro atoms. The molecule has 3 aromatic carbocycles. The number of carbonyl (C=O) groups excluding carboxylic acids is 1. The minimum atomic E-state index is -1.54. The number of nitrogens with one attached hydrogen (secondary N) is 2. The van der Waals surface area contributed by atoms with Gasteiger partial charge in [0.2, 0.25) is 0 Å². The maximum Gasteiger partial charge on any atom is 0.251 e. The average Bonchev–Trinajstić information content (AvgIpc) is 3.39. The van der Waals surface area contributed by atoms with E-state index in [0.717, 1.165) is 28.5 Å². The van der Waals surface area contributed by atoms with Crippen molar-refractivity contribution in [3.8, 4) is 11.1 Å². The molecule has 8 heteroatoms. The van der Waals surface area contributed by atoms with Crippen LogP contribution in [0.15, 0.2) is 89.5 Å². The molecule has 1 unspecified atom stereocenters. The summed E-state index contributed by atoms with van der Waals surface area (Å²) in [6.07, 6.45) is 2.66. The van der Waals surface area contributed by atoms with Crippen LogP contribution in [-0.4, -0.2) is 40.7 Å². The van der Waals surface area contributed by atoms with E-state index in [9.17, 15) is 14.7 Å². The molecule has 39 heavy (non-hydrogen) atoms. The molecule has 4 aromatic rings. The number of aryl methyl sites for hydroxylation is 1. The van der Waals surface area contributed by atoms with Crippen LogP contribution in [-0.2, 0) is 12.6 Å². The van der Waals surface area contributed by atoms with Crippen molar-refractivity contribution < 1.29 is 9.90 Å². The number of pyridine rings is 1. The van der Waals surface area contributed by atoms with Crippen molar-refractivity contribution in [3.05, 3.63) is 117 Å². The van der Waals surface area contributed by atoms with E-state index in [1.165, 1.54) is 0 Å². The van der Waals surface area contributed by atoms with Crippen LogP contribution in [0, 0.1) is 0 Å². The summed E-state index contributed by atoms with van der Waals surface area (Å²) in [4.78, 5) is 27.3. The van der Waals surface area contributed by atoms with Gasteiger partial charge in [0.15, 0.2) is 5.60 Å². The van der Waals surface area contributed by atoms with Gasteiger partial charge in [-0.1, -0.05) is 48.9 Å². The highest BCUT2D eigenvalue weighted by atomic mass is 35.5. The van der Waals surface area contributed by atoms with Gasteiger partial charge in [0.05, 0.1) is 17.9 Å². The average molecular weight is 543 g/mol. The number of rotatable bonds is 7. The first kappa shape index (κ1) is 26.5. The zero-order valence-electron chi connectivity index (χ0n) is 22.2. The first-order valence-corrected chi connectivity index (χ1v) is 13.3. The summed E-state index contributed by atoms with van der Waals surface area (Å²) in [6, 6.07) is 21.7. The van der Waals surface area contributed by atoms with E-state index in [4.69, 9.17) is 11.6 Å². The molecule has 0 fully saturated rings. The van der Waals surface area contributed by atoms with Crippen LogP contribution in [0.4, 0.5) is 0 Å². The van der Waals surface area contributed by atoms with Crippen LogP contribution < -0.4 is 16.2 Å². The fourth-order valence-electron chi connectivity index (χ4n) is 5.10. The summed E-state index contributed by atoms with van der Waals surface area (Å²) >= 11 is 6.29. The van der Waals surface area contributed by atoms with Crippen molar-refractivity contribution in [2.75, 3.05) is 20.3 Å². The minimum absolute atomic E-state index is 0.139. The molecule has 1 amide bonds. The number of likely N-dealkylation sites (N-methyl/N-ethyl adjacent to an activating group) is 1. The summed E-state index contributed by atoms with van der Waals surface area (Å²) in [6.45, 7) is 3.15. The summed E-state index contributed by atoms with van der Waals surface area (Å²) in [5.74, 6) is -0.149. The van der Waals surface area contributed by atoms with E-state index < -0.39 is 5.60 Å². The third-order valence-electron chi connectivity index (χ3n) is 7.25. The first-order valence-electron chi connectivity index (χ1n) is 12.9. The number of amides is 1. The number of aliphatic hydroxyl groups is 1. The van der Waals surface area contributed by atoms with Gasteiger partial charge in [-0.25, -0.2) is 0 Å². The normalized spacial score (nSPS) is 14.6. The Morgan fingerprint density at radius 1 is 1.05 bits per heavy atom. The number of hydrogen-bond donors (Lipinski definition) is 3. The van der Waals surface area contributed by atoms with Crippen molar-refractivity contribution in [1.82, 2.24) is 20.1 Å². The van der Waals surface area contributed by atoms with Gasteiger partial charge in [-0.3, -0.25) is 9.59 Å². The number of benzene rings is 3. The first-order chi connectivity index (χ1) is 18.7. The number of carbonyl (C=O) groups is 1. The van der Waals surface area contributed by atoms with Gasteiger partial charge in [-0.2, -0.15) is 0 Å². The van der Waals surface area contributed by atoms with Gasteiger partial charge in [0.1, 0.15) is 0 Å². The van der Waals surface area contributed by atoms with Crippen LogP contribution in [0.5, 0.6) is 0 Å². The van der Waals surface area contributed by atoms with E-state index in [1.54, 1.807) is 48.0 Å². The molecule has 1 aliphatic rings. The number of aromatic nitrogens is 1. The summed E-state index contributed by atoms with van der Waals surface area (Å²) in [5.41, 5.74) is 3.04. The van der Waals surface area contributed by atoms with E-state index in [-0.39, 0.29) is 11.5 Å². The Morgan fingerprint density at radius 2 is 1.79 bits per heavy atom. The van der Waals surface area contributed by atoms with Crippen LogP contribution >= 0.6 is 11.6 Å². The molecule has 0 aliphatic carbocycles. The molecule has 5 rings (SSSR count). The van der Waals surface area contributed by atoms with E-state index in [0.29, 0.717) is 40.6 Å². The number of hydrogen-bond acceptors (Lipinski definition) is 5. The third kappa shape index (κ3) is 4.80. The van der Waals surface area contributed by atoms with E-state index >= 15 is 0 Å². The van der Waals surface area contributed by atoms with Gasteiger partial charge in [0.25, 0.3) is 11.5 Å². The van der Waals surface area contributed by atoms with Crippen LogP contribution in [0.1, 0.15) is 34.8 Å². The number of fused-ring (bicyclic) bond motifs is 1. The number of nitrogens with zero attached hydrogens (tertiary/aromatic N) is 2. The topological polar surface area (TPSA) is 86.6 Å². The molecule has 7 nitrogen and oxygen atoms in total. The molecule has 0 bridgehead atoms. The Bertz CT molecular complexity index is 1640. The van der Waals surface area contributed by atoms with Gasteiger partial charge >= 0.3 is 0 Å². The highest BCUT2D eigenvalue weighted by Gasteiger charge is 2.40. The lowest BCUT2D eigenvalue weighted by Gasteiger charge is -2.34. The lowest BCUT2D eigenvalue weighted by atomic mass is 9.82. The molecule has 2 heterocycles. The summed E-state index contributed by atoms with van der Waals surface area (Å²) < 4.78 is 1.60. The predicted molar refractivity (Wildman–Crippen MR) is 156 cm³/mol. The van der Waals surface area contributed by atoms with Crippen LogP contribution in [0.2, 0.25) is 5.02 Å². The predicted octanol–water partition coefficient (Wildman–Crippen LogP) is 4.57. The summed E-state index contributed by atoms with van der Waals surface area (Å²) in [7, 11) is 3.64. The summed E-state index contributed by atoms with van der Waals surface area (Å²) in [5, 5.41) is 20.0. The minimum Gasteiger partial charge on any atom is -0.374 e. The second kappa shape index (κ2) is 10.6. The van der Waals surface area contributed by atoms with Gasteiger partial charge in [0, 0.05) is 48.9 Å². The Kier molecular flexibility index (Phi) is 7.21. The fraction of sp³-hybridized carbons (Fsp3) is 0.226. The Labute approximate surface area is 232 Å². The second-order valence-corrected chi connectivity index (χ2v) is 10.3. The molecular weight excluding hydrogens is 512 g/mol. The van der Waals surface area contributed by atoms with E-state index in [1.807, 2.05) is 61.5 Å². The highest BCUT2D eigenvalue weighted by molar-refractivity contribution is 6.30. The fourth-order valence-corrected chi connectivity index (χ4v) is 5.29. The SMILES string of the molecule is CCCNC(=O)c1ccc(C(O)(C2=CNCN2C)c2ccc3c(c2)c(-c2cccc(Cl)c2)cc(=O)n3C)cc1. The van der Waals surface area contributed by atoms with Crippen molar-refractivity contribution in [2.45, 2.75) is 18.9 Å². The smallest absolute Gasteiger partial charge is 0.251 e. The largest absolute Gasteiger partial charge is 0.374 e. The zero-order valence-corrected chi connectivity index (χ0v) is 22.9. The third-order valence-corrected chi connectivity index (χ3v) is 7.48. The van der Waals surface area contributed by atoms with E-state index in [2.05, 4.69) is 10.6 Å². The van der Waals surface area contributed by atoms with Gasteiger partial charge < -0.3 is 25.2 Å². The zero-order chi connectivity index (χ0) is 27.7. The Hall–Kier alpha value is -4.07. The van der Waals surface area contributed by atoms with Gasteiger partial charge in [-0.05, 0) is 65.1 Å². The molecule has 0 saturated carbocycles. The lowest BCUT2D eigenvalue weighted by molar-refractivity contribution is 0.0924. The molecule has 0 saturated heterocycles. The van der Waals surface area contributed by atoms with Crippen molar-refractivity contribution in [3.63, 3.8) is 0 Å². The maximum atomic E-state index is 12.8. The van der Waals surface area contributed by atoms with Crippen LogP contribution in [0.3, 0.4) is 0 Å². The molecule has 1 aromatic heterocycles. The Morgan fingerprint density at radius 3 is 2.46 bits per heavy atom. The monoisotopic (exact) mass is 542 g/mol. The molecule has 0 radical (unpaired) electrons. The van der Waals surface area contributed by atoms with Gasteiger partial charge in [-0.15, -0.1) is 0 Å². The highest BCUT2D eigenvalue weighted by Crippen LogP contribution is 2.41. The quantitative estimate of drug-likeness (QED) is 0.318. The van der Waals surface area contributed by atoms with Crippen molar-refractivity contribution in [1.29, 1.82) is 0 Å². The van der Waals surface area contributed by atoms with Crippen molar-refractivity contribution in [2.24, 2.45) is 7.05 Å². The molecular formula is C31H31ClN4O3. The van der Waals surface area contributed by atoms with Crippen molar-refractivity contribution >= 4 is 28.4 Å². The molecule has 1 aliphatic heterocycles. The maximum absolute atomic E-state index is 12.8. The molecule has 200 valence electrons. The van der Waals surface area contributed by atoms with Crippen LogP contribution in [0.25, 0.3) is 22.0 Å². The molecule has 3 N–H and O–H groups in total. The second-order valence-electron chi connectivity index (χ2n) is 9.83. The Balaban J connectivity index is 1.71. The number of halogens is 1. The molecule has 1 atom stereocenters. The lowest BCUT2D eigenvalue weighted by Crippen LogP contribution is -2.36.